The van der Waals surface area contributed by atoms with Crippen molar-refractivity contribution in [1.29, 1.82) is 0 Å². The minimum Gasteiger partial charge on any atom is -0.494 e. The fourth-order valence-corrected chi connectivity index (χ4v) is 8.03. The zero-order valence-corrected chi connectivity index (χ0v) is 33.1. The predicted molar refractivity (Wildman–Crippen MR) is 217 cm³/mol. The first-order chi connectivity index (χ1) is 28.9. The zero-order valence-electron chi connectivity index (χ0n) is 33.1. The molecule has 4 saturated heterocycles. The Morgan fingerprint density at radius 1 is 0.883 bits per heavy atom. The van der Waals surface area contributed by atoms with Crippen molar-refractivity contribution in [2.45, 2.75) is 61.4 Å². The molecular weight excluding hydrogens is 781 g/mol. The number of nitrogens with one attached hydrogen (secondary N) is 1. The number of aromatic nitrogens is 1. The topological polar surface area (TPSA) is 243 Å². The molecule has 1 amide bonds. The van der Waals surface area contributed by atoms with Crippen molar-refractivity contribution >= 4 is 46.5 Å². The summed E-state index contributed by atoms with van der Waals surface area (Å²) in [6, 6.07) is 22.0. The largest absolute Gasteiger partial charge is 0.496 e. The summed E-state index contributed by atoms with van der Waals surface area (Å²) >= 11 is 0. The van der Waals surface area contributed by atoms with Gasteiger partial charge in [0.1, 0.15) is 48.8 Å². The van der Waals surface area contributed by atoms with E-state index in [4.69, 9.17) is 28.5 Å². The second-order valence-corrected chi connectivity index (χ2v) is 15.6. The average Bonchev–Trinajstić information content (AvgIpc) is 3.85. The Morgan fingerprint density at radius 3 is 2.30 bits per heavy atom. The molecule has 320 valence electrons. The van der Waals surface area contributed by atoms with Gasteiger partial charge in [0, 0.05) is 55.4 Å². The van der Waals surface area contributed by atoms with Gasteiger partial charge in [0.05, 0.1) is 36.7 Å². The molecule has 0 aliphatic carbocycles. The molecule has 1 aromatic heterocycles. The number of piperazine rings is 1. The first kappa shape index (κ1) is 42.4. The Hall–Kier alpha value is -4.32. The molecule has 0 spiro atoms. The molecule has 4 aliphatic rings. The summed E-state index contributed by atoms with van der Waals surface area (Å²) in [5.74, 6) is -0.130. The summed E-state index contributed by atoms with van der Waals surface area (Å²) in [6.07, 6.45) is -14.2. The van der Waals surface area contributed by atoms with Crippen molar-refractivity contribution in [2.24, 2.45) is 4.99 Å². The lowest BCUT2D eigenvalue weighted by molar-refractivity contribution is -0.345. The van der Waals surface area contributed by atoms with E-state index in [-0.39, 0.29) is 11.8 Å². The van der Waals surface area contributed by atoms with E-state index in [1.165, 1.54) is 0 Å². The highest BCUT2D eigenvalue weighted by Crippen LogP contribution is 2.36. The number of hydrogen-bond donors (Lipinski definition) is 8. The SMILES string of the molecule is CN1CCN(CC(=O)N(C)c2ccc(N=C(c3ccccc3)c3c(O)[nH]c4cc(B5O[C@@H]6O[C@H](CO)[C@@H](O[C@H]7O[C@H](CO)[C@@H](O)[C@H](O)[C@H]7O)[C@H](O)[C@H]6O5)ccc34)cc2)CC1. The van der Waals surface area contributed by atoms with Gasteiger partial charge in [-0.2, -0.15) is 0 Å². The number of hydrogen-bond acceptors (Lipinski definition) is 16. The third-order valence-electron chi connectivity index (χ3n) is 11.6. The molecule has 4 aromatic rings. The van der Waals surface area contributed by atoms with E-state index >= 15 is 0 Å². The number of carbonyl (C=O) groups excluding carboxylic acids is 1. The lowest BCUT2D eigenvalue weighted by atomic mass is 9.79. The highest BCUT2D eigenvalue weighted by molar-refractivity contribution is 6.62. The molecule has 60 heavy (non-hydrogen) atoms. The van der Waals surface area contributed by atoms with E-state index < -0.39 is 81.7 Å². The fourth-order valence-electron chi connectivity index (χ4n) is 8.03. The molecule has 4 aliphatic heterocycles. The van der Waals surface area contributed by atoms with Crippen molar-refractivity contribution in [1.82, 2.24) is 14.8 Å². The van der Waals surface area contributed by atoms with Crippen LogP contribution in [0.4, 0.5) is 11.4 Å². The van der Waals surface area contributed by atoms with Gasteiger partial charge in [-0.25, -0.2) is 4.99 Å². The Bertz CT molecular complexity index is 2140. The van der Waals surface area contributed by atoms with Gasteiger partial charge in [-0.05, 0) is 42.8 Å². The van der Waals surface area contributed by atoms with Gasteiger partial charge in [0.25, 0.3) is 0 Å². The van der Waals surface area contributed by atoms with Gasteiger partial charge in [0.15, 0.2) is 18.5 Å². The van der Waals surface area contributed by atoms with Crippen molar-refractivity contribution in [3.63, 3.8) is 0 Å². The second-order valence-electron chi connectivity index (χ2n) is 15.6. The van der Waals surface area contributed by atoms with Crippen LogP contribution >= 0.6 is 0 Å². The van der Waals surface area contributed by atoms with E-state index in [9.17, 15) is 40.5 Å². The maximum Gasteiger partial charge on any atom is 0.496 e. The van der Waals surface area contributed by atoms with E-state index in [1.807, 2.05) is 54.6 Å². The number of anilines is 1. The van der Waals surface area contributed by atoms with Crippen LogP contribution < -0.4 is 10.4 Å². The quantitative estimate of drug-likeness (QED) is 0.0643. The molecule has 5 heterocycles. The Morgan fingerprint density at radius 2 is 1.60 bits per heavy atom. The lowest BCUT2D eigenvalue weighted by Crippen LogP contribution is -2.64. The molecule has 0 saturated carbocycles. The van der Waals surface area contributed by atoms with Crippen LogP contribution in [0.3, 0.4) is 0 Å². The Balaban J connectivity index is 1.01. The van der Waals surface area contributed by atoms with Gasteiger partial charge in [-0.15, -0.1) is 0 Å². The summed E-state index contributed by atoms with van der Waals surface area (Å²) in [5.41, 5.74) is 4.06. The molecule has 18 nitrogen and oxygen atoms in total. The van der Waals surface area contributed by atoms with E-state index in [2.05, 4.69) is 21.8 Å². The maximum absolute atomic E-state index is 13.1. The third kappa shape index (κ3) is 8.46. The van der Waals surface area contributed by atoms with Crippen LogP contribution in [0.25, 0.3) is 10.9 Å². The lowest BCUT2D eigenvalue weighted by Gasteiger charge is -2.45. The van der Waals surface area contributed by atoms with E-state index in [0.29, 0.717) is 39.9 Å². The number of aliphatic hydroxyl groups excluding tert-OH is 6. The Labute approximate surface area is 345 Å². The average molecular weight is 832 g/mol. The minimum atomic E-state index is -1.75. The minimum absolute atomic E-state index is 0.000807. The number of aliphatic hydroxyl groups is 6. The zero-order chi connectivity index (χ0) is 42.2. The standard InChI is InChI=1S/C41H50BN5O13/c1-45-14-16-47(17-15-45)19-30(50)46(2)25-11-9-24(10-12-25)43-32(22-6-4-3-5-7-22)31-26-13-8-23(18-27(26)44-39(31)55)42-59-38-36(54)37(29(21-49)57-41(38)60-42)58-40-35(53)34(52)33(51)28(20-48)56-40/h3-13,18,28-29,33-38,40-41,44,48-49,51-55H,14-17,19-21H2,1-2H3/t28-,29-,33-,34+,35-,36+,37-,38-,40-,41+/m1/s1. The van der Waals surface area contributed by atoms with E-state index in [0.717, 1.165) is 37.4 Å². The van der Waals surface area contributed by atoms with Crippen LogP contribution in [-0.2, 0) is 28.3 Å². The first-order valence-electron chi connectivity index (χ1n) is 19.9. The third-order valence-corrected chi connectivity index (χ3v) is 11.6. The number of aliphatic imine (C=N–C) groups is 1. The van der Waals surface area contributed by atoms with Gasteiger partial charge in [-0.3, -0.25) is 9.69 Å². The fraction of sp³-hybridized carbons (Fsp3) is 0.463. The van der Waals surface area contributed by atoms with Crippen molar-refractivity contribution in [3.05, 3.63) is 83.9 Å². The van der Waals surface area contributed by atoms with Crippen molar-refractivity contribution in [3.8, 4) is 5.88 Å². The van der Waals surface area contributed by atoms with Crippen LogP contribution in [0.5, 0.6) is 5.88 Å². The van der Waals surface area contributed by atoms with Crippen LogP contribution in [-0.4, -0.2) is 191 Å². The number of carbonyl (C=O) groups is 1. The smallest absolute Gasteiger partial charge is 0.494 e. The second kappa shape index (κ2) is 18.0. The molecular formula is C41H50BN5O13. The molecule has 4 fully saturated rings. The number of aromatic hydroxyl groups is 1. The molecule has 3 aromatic carbocycles. The van der Waals surface area contributed by atoms with Crippen LogP contribution in [0.1, 0.15) is 11.1 Å². The highest BCUT2D eigenvalue weighted by atomic mass is 16.8. The van der Waals surface area contributed by atoms with Crippen molar-refractivity contribution in [2.75, 3.05) is 64.9 Å². The normalized spacial score (nSPS) is 30.5. The number of ether oxygens (including phenoxy) is 3. The molecule has 0 radical (unpaired) electrons. The molecule has 8 N–H and O–H groups in total. The van der Waals surface area contributed by atoms with E-state index in [1.54, 1.807) is 30.1 Å². The number of aromatic amines is 1. The van der Waals surface area contributed by atoms with Crippen LogP contribution in [0.15, 0.2) is 77.8 Å². The molecule has 0 unspecified atom stereocenters. The molecule has 8 rings (SSSR count). The number of likely N-dealkylation sites (N-methyl/N-ethyl adjacent to an activating group) is 2. The number of H-pyrrole nitrogens is 1. The summed E-state index contributed by atoms with van der Waals surface area (Å²) in [7, 11) is 2.78. The van der Waals surface area contributed by atoms with Crippen LogP contribution in [0.2, 0.25) is 0 Å². The summed E-state index contributed by atoms with van der Waals surface area (Å²) < 4.78 is 29.4. The van der Waals surface area contributed by atoms with Gasteiger partial charge >= 0.3 is 7.12 Å². The number of benzene rings is 3. The summed E-state index contributed by atoms with van der Waals surface area (Å²) in [5, 5.41) is 74.1. The number of fused-ring (bicyclic) bond motifs is 2. The monoisotopic (exact) mass is 831 g/mol. The van der Waals surface area contributed by atoms with Crippen LogP contribution in [0, 0.1) is 0 Å². The molecule has 10 atom stereocenters. The number of nitrogens with zero attached hydrogens (tertiary/aromatic N) is 4. The Kier molecular flexibility index (Phi) is 12.7. The number of rotatable bonds is 11. The number of amides is 1. The first-order valence-corrected chi connectivity index (χ1v) is 19.9. The van der Waals surface area contributed by atoms with Gasteiger partial charge in [-0.1, -0.05) is 42.5 Å². The maximum atomic E-state index is 13.1. The molecule has 19 heteroatoms. The van der Waals surface area contributed by atoms with Gasteiger partial charge in [0.2, 0.25) is 5.91 Å². The summed E-state index contributed by atoms with van der Waals surface area (Å²) in [6.45, 7) is 2.57. The molecule has 0 bridgehead atoms. The summed E-state index contributed by atoms with van der Waals surface area (Å²) in [4.78, 5) is 27.2. The van der Waals surface area contributed by atoms with Gasteiger partial charge < -0.3 is 74.0 Å². The highest BCUT2D eigenvalue weighted by Gasteiger charge is 2.56. The predicted octanol–water partition coefficient (Wildman–Crippen LogP) is -1.37. The van der Waals surface area contributed by atoms with Crippen molar-refractivity contribution < 1.29 is 64.1 Å².